The van der Waals surface area contributed by atoms with E-state index >= 15 is 0 Å². The molecule has 1 aliphatic heterocycles. The number of ether oxygens (including phenoxy) is 1. The van der Waals surface area contributed by atoms with Crippen LogP contribution in [-0.4, -0.2) is 12.6 Å². The quantitative estimate of drug-likeness (QED) is 0.873. The molecule has 0 aromatic heterocycles. The van der Waals surface area contributed by atoms with Crippen LogP contribution in [0, 0.1) is 5.92 Å². The minimum absolute atomic E-state index is 0.197. The summed E-state index contributed by atoms with van der Waals surface area (Å²) >= 11 is 0. The van der Waals surface area contributed by atoms with Crippen LogP contribution in [0.4, 0.5) is 11.4 Å². The summed E-state index contributed by atoms with van der Waals surface area (Å²) in [6.07, 6.45) is 0.197. The Kier molecular flexibility index (Phi) is 3.74. The molecule has 1 aliphatic rings. The van der Waals surface area contributed by atoms with E-state index in [4.69, 9.17) is 10.5 Å². The van der Waals surface area contributed by atoms with Crippen molar-refractivity contribution in [3.8, 4) is 5.75 Å². The molecular weight excluding hydrogens is 260 g/mol. The summed E-state index contributed by atoms with van der Waals surface area (Å²) in [4.78, 5) is 2.34. The van der Waals surface area contributed by atoms with Crippen LogP contribution in [0.1, 0.15) is 19.4 Å². The van der Waals surface area contributed by atoms with Gasteiger partial charge >= 0.3 is 0 Å². The van der Waals surface area contributed by atoms with Gasteiger partial charge in [-0.2, -0.15) is 0 Å². The molecular formula is C18H22N2O. The van der Waals surface area contributed by atoms with Crippen LogP contribution in [0.2, 0.25) is 0 Å². The van der Waals surface area contributed by atoms with Crippen LogP contribution >= 0.6 is 0 Å². The Bertz CT molecular complexity index is 610. The lowest BCUT2D eigenvalue weighted by Gasteiger charge is -2.38. The van der Waals surface area contributed by atoms with E-state index in [0.717, 1.165) is 30.2 Å². The Hall–Kier alpha value is -2.16. The molecule has 0 bridgehead atoms. The maximum atomic E-state index is 6.19. The SMILES string of the molecule is CC(C)C1CN(Cc2ccccc2)c2c(N)cccc2O1. The predicted molar refractivity (Wildman–Crippen MR) is 87.6 cm³/mol. The second kappa shape index (κ2) is 5.68. The van der Waals surface area contributed by atoms with Gasteiger partial charge in [0.05, 0.1) is 12.2 Å². The Morgan fingerprint density at radius 2 is 1.90 bits per heavy atom. The molecule has 0 aliphatic carbocycles. The van der Waals surface area contributed by atoms with Gasteiger partial charge in [-0.1, -0.05) is 50.2 Å². The highest BCUT2D eigenvalue weighted by Gasteiger charge is 2.29. The van der Waals surface area contributed by atoms with Crippen molar-refractivity contribution in [1.82, 2.24) is 0 Å². The first-order chi connectivity index (χ1) is 10.1. The average molecular weight is 282 g/mol. The first-order valence-electron chi connectivity index (χ1n) is 7.49. The van der Waals surface area contributed by atoms with Crippen molar-refractivity contribution in [2.75, 3.05) is 17.2 Å². The van der Waals surface area contributed by atoms with Gasteiger partial charge in [-0.05, 0) is 23.6 Å². The van der Waals surface area contributed by atoms with Gasteiger partial charge in [0.25, 0.3) is 0 Å². The van der Waals surface area contributed by atoms with E-state index in [1.807, 2.05) is 24.3 Å². The van der Waals surface area contributed by atoms with Gasteiger partial charge in [0.15, 0.2) is 0 Å². The molecule has 2 aromatic carbocycles. The highest BCUT2D eigenvalue weighted by Crippen LogP contribution is 2.40. The number of nitrogens with two attached hydrogens (primary N) is 1. The molecule has 3 heteroatoms. The lowest BCUT2D eigenvalue weighted by molar-refractivity contribution is 0.145. The van der Waals surface area contributed by atoms with Crippen molar-refractivity contribution < 1.29 is 4.74 Å². The number of para-hydroxylation sites is 1. The maximum Gasteiger partial charge on any atom is 0.145 e. The van der Waals surface area contributed by atoms with E-state index in [2.05, 4.69) is 43.0 Å². The predicted octanol–water partition coefficient (Wildman–Crippen LogP) is 3.69. The fraction of sp³-hybridized carbons (Fsp3) is 0.333. The summed E-state index contributed by atoms with van der Waals surface area (Å²) in [6.45, 7) is 6.12. The summed E-state index contributed by atoms with van der Waals surface area (Å²) in [7, 11) is 0. The largest absolute Gasteiger partial charge is 0.486 e. The molecule has 2 N–H and O–H groups in total. The Morgan fingerprint density at radius 3 is 2.62 bits per heavy atom. The standard InChI is InChI=1S/C18H22N2O/c1-13(2)17-12-20(11-14-7-4-3-5-8-14)18-15(19)9-6-10-16(18)21-17/h3-10,13,17H,11-12,19H2,1-2H3. The topological polar surface area (TPSA) is 38.5 Å². The molecule has 0 saturated carbocycles. The number of rotatable bonds is 3. The fourth-order valence-electron chi connectivity index (χ4n) is 2.78. The van der Waals surface area contributed by atoms with Crippen molar-refractivity contribution in [3.63, 3.8) is 0 Å². The lowest BCUT2D eigenvalue weighted by atomic mass is 10.0. The van der Waals surface area contributed by atoms with Crippen molar-refractivity contribution in [1.29, 1.82) is 0 Å². The smallest absolute Gasteiger partial charge is 0.145 e. The monoisotopic (exact) mass is 282 g/mol. The van der Waals surface area contributed by atoms with Crippen LogP contribution in [0.5, 0.6) is 5.75 Å². The molecule has 3 rings (SSSR count). The van der Waals surface area contributed by atoms with E-state index < -0.39 is 0 Å². The summed E-state index contributed by atoms with van der Waals surface area (Å²) in [5.41, 5.74) is 9.28. The molecule has 0 radical (unpaired) electrons. The Balaban J connectivity index is 1.95. The molecule has 0 spiro atoms. The number of fused-ring (bicyclic) bond motifs is 1. The van der Waals surface area contributed by atoms with Crippen molar-refractivity contribution in [2.45, 2.75) is 26.5 Å². The molecule has 0 saturated heterocycles. The molecule has 2 aromatic rings. The average Bonchev–Trinajstić information content (AvgIpc) is 2.48. The van der Waals surface area contributed by atoms with Gasteiger partial charge in [-0.3, -0.25) is 0 Å². The van der Waals surface area contributed by atoms with Gasteiger partial charge in [0.2, 0.25) is 0 Å². The molecule has 0 amide bonds. The van der Waals surface area contributed by atoms with Crippen LogP contribution < -0.4 is 15.4 Å². The van der Waals surface area contributed by atoms with Gasteiger partial charge in [0.1, 0.15) is 17.5 Å². The van der Waals surface area contributed by atoms with E-state index in [9.17, 15) is 0 Å². The molecule has 21 heavy (non-hydrogen) atoms. The Morgan fingerprint density at radius 1 is 1.14 bits per heavy atom. The summed E-state index contributed by atoms with van der Waals surface area (Å²) in [5, 5.41) is 0. The zero-order valence-electron chi connectivity index (χ0n) is 12.6. The van der Waals surface area contributed by atoms with E-state index in [1.165, 1.54) is 5.56 Å². The molecule has 1 heterocycles. The summed E-state index contributed by atoms with van der Waals surface area (Å²) in [6, 6.07) is 16.4. The van der Waals surface area contributed by atoms with Crippen LogP contribution in [0.25, 0.3) is 0 Å². The summed E-state index contributed by atoms with van der Waals surface area (Å²) < 4.78 is 6.12. The first-order valence-corrected chi connectivity index (χ1v) is 7.49. The van der Waals surface area contributed by atoms with Crippen molar-refractivity contribution in [3.05, 3.63) is 54.1 Å². The zero-order valence-corrected chi connectivity index (χ0v) is 12.6. The fourth-order valence-corrected chi connectivity index (χ4v) is 2.78. The number of anilines is 2. The second-order valence-electron chi connectivity index (χ2n) is 5.96. The third kappa shape index (κ3) is 2.82. The van der Waals surface area contributed by atoms with Crippen molar-refractivity contribution in [2.24, 2.45) is 5.92 Å². The van der Waals surface area contributed by atoms with E-state index in [-0.39, 0.29) is 6.10 Å². The zero-order chi connectivity index (χ0) is 14.8. The van der Waals surface area contributed by atoms with Gasteiger partial charge < -0.3 is 15.4 Å². The molecule has 1 unspecified atom stereocenters. The van der Waals surface area contributed by atoms with E-state index in [0.29, 0.717) is 5.92 Å². The maximum absolute atomic E-state index is 6.19. The van der Waals surface area contributed by atoms with Gasteiger partial charge in [-0.25, -0.2) is 0 Å². The minimum atomic E-state index is 0.197. The number of hydrogen-bond donors (Lipinski definition) is 1. The number of nitrogens with zero attached hydrogens (tertiary/aromatic N) is 1. The second-order valence-corrected chi connectivity index (χ2v) is 5.96. The lowest BCUT2D eigenvalue weighted by Crippen LogP contribution is -2.42. The normalized spacial score (nSPS) is 17.5. The molecule has 1 atom stereocenters. The number of nitrogen functional groups attached to an aromatic ring is 1. The number of benzene rings is 2. The van der Waals surface area contributed by atoms with Gasteiger partial charge in [0, 0.05) is 6.54 Å². The van der Waals surface area contributed by atoms with Crippen molar-refractivity contribution >= 4 is 11.4 Å². The highest BCUT2D eigenvalue weighted by molar-refractivity contribution is 5.75. The highest BCUT2D eigenvalue weighted by atomic mass is 16.5. The van der Waals surface area contributed by atoms with Crippen LogP contribution in [0.3, 0.4) is 0 Å². The number of hydrogen-bond acceptors (Lipinski definition) is 3. The molecule has 0 fully saturated rings. The van der Waals surface area contributed by atoms with E-state index in [1.54, 1.807) is 0 Å². The Labute approximate surface area is 126 Å². The molecule has 3 nitrogen and oxygen atoms in total. The third-order valence-electron chi connectivity index (χ3n) is 3.98. The van der Waals surface area contributed by atoms with Gasteiger partial charge in [-0.15, -0.1) is 0 Å². The minimum Gasteiger partial charge on any atom is -0.486 e. The third-order valence-corrected chi connectivity index (χ3v) is 3.98. The van der Waals surface area contributed by atoms with Crippen LogP contribution in [0.15, 0.2) is 48.5 Å². The molecule has 110 valence electrons. The van der Waals surface area contributed by atoms with Crippen LogP contribution in [-0.2, 0) is 6.54 Å². The first kappa shape index (κ1) is 13.8. The summed E-state index contributed by atoms with van der Waals surface area (Å²) in [5.74, 6) is 1.37.